The van der Waals surface area contributed by atoms with Gasteiger partial charge in [-0.15, -0.1) is 0 Å². The highest BCUT2D eigenvalue weighted by atomic mass is 16.5. The predicted octanol–water partition coefficient (Wildman–Crippen LogP) is 1.91. The van der Waals surface area contributed by atoms with Crippen LogP contribution in [-0.4, -0.2) is 54.3 Å². The van der Waals surface area contributed by atoms with E-state index in [0.29, 0.717) is 6.04 Å². The molecular weight excluding hydrogens is 252 g/mol. The van der Waals surface area contributed by atoms with Crippen molar-refractivity contribution in [2.45, 2.75) is 32.2 Å². The van der Waals surface area contributed by atoms with Crippen LogP contribution in [0, 0.1) is 12.8 Å². The van der Waals surface area contributed by atoms with Gasteiger partial charge in [-0.05, 0) is 45.2 Å². The van der Waals surface area contributed by atoms with Crippen molar-refractivity contribution in [2.24, 2.45) is 5.92 Å². The van der Waals surface area contributed by atoms with Crippen molar-refractivity contribution in [3.63, 3.8) is 0 Å². The summed E-state index contributed by atoms with van der Waals surface area (Å²) in [6, 6.07) is 0.601. The van der Waals surface area contributed by atoms with Gasteiger partial charge in [0.2, 0.25) is 5.95 Å². The summed E-state index contributed by atoms with van der Waals surface area (Å²) in [6.45, 7) is 7.56. The molecule has 0 aromatic carbocycles. The lowest BCUT2D eigenvalue weighted by molar-refractivity contribution is 0.0579. The first-order valence-corrected chi connectivity index (χ1v) is 7.78. The fraction of sp³-hybridized carbons (Fsp3) is 0.800. The Kier molecular flexibility index (Phi) is 4.27. The van der Waals surface area contributed by atoms with Crippen LogP contribution < -0.4 is 5.32 Å². The highest BCUT2D eigenvalue weighted by Crippen LogP contribution is 2.37. The monoisotopic (exact) mass is 278 g/mol. The molecule has 5 heteroatoms. The molecule has 3 aliphatic rings. The average Bonchev–Trinajstić information content (AvgIpc) is 2.86. The topological polar surface area (TPSA) is 42.3 Å². The molecule has 1 atom stereocenters. The van der Waals surface area contributed by atoms with Crippen LogP contribution in [0.1, 0.15) is 31.0 Å². The van der Waals surface area contributed by atoms with E-state index >= 15 is 0 Å². The highest BCUT2D eigenvalue weighted by molar-refractivity contribution is 5.30. The van der Waals surface area contributed by atoms with Crippen LogP contribution >= 0.6 is 0 Å². The molecule has 5 nitrogen and oxygen atoms in total. The van der Waals surface area contributed by atoms with Crippen LogP contribution in [-0.2, 0) is 4.74 Å². The fourth-order valence-electron chi connectivity index (χ4n) is 3.57. The van der Waals surface area contributed by atoms with Crippen molar-refractivity contribution >= 4 is 5.95 Å². The normalized spacial score (nSPS) is 28.8. The Labute approximate surface area is 121 Å². The summed E-state index contributed by atoms with van der Waals surface area (Å²) in [7, 11) is 1.75. The van der Waals surface area contributed by atoms with Crippen molar-refractivity contribution in [1.82, 2.24) is 14.5 Å². The Morgan fingerprint density at radius 2 is 2.20 bits per heavy atom. The molecule has 3 fully saturated rings. The molecule has 0 spiro atoms. The number of piperidine rings is 3. The summed E-state index contributed by atoms with van der Waals surface area (Å²) in [5.74, 6) is 1.87. The lowest BCUT2D eigenvalue weighted by Crippen LogP contribution is -2.48. The molecule has 1 unspecified atom stereocenters. The maximum Gasteiger partial charge on any atom is 0.203 e. The Bertz CT molecular complexity index is 437. The van der Waals surface area contributed by atoms with Crippen molar-refractivity contribution in [3.8, 4) is 0 Å². The molecule has 1 N–H and O–H groups in total. The van der Waals surface area contributed by atoms with E-state index in [-0.39, 0.29) is 0 Å². The summed E-state index contributed by atoms with van der Waals surface area (Å²) in [5, 5.41) is 3.48. The lowest BCUT2D eigenvalue weighted by Gasteiger charge is -2.45. The molecular formula is C15H26N4O. The number of rotatable bonds is 6. The molecule has 0 radical (unpaired) electrons. The first-order chi connectivity index (χ1) is 9.78. The second-order valence-corrected chi connectivity index (χ2v) is 6.09. The lowest BCUT2D eigenvalue weighted by atomic mass is 9.84. The van der Waals surface area contributed by atoms with E-state index in [9.17, 15) is 0 Å². The number of methoxy groups -OCH3 is 1. The van der Waals surface area contributed by atoms with Crippen LogP contribution in [0.5, 0.6) is 0 Å². The van der Waals surface area contributed by atoms with Gasteiger partial charge in [0.05, 0.1) is 11.7 Å². The average molecular weight is 278 g/mol. The molecule has 20 heavy (non-hydrogen) atoms. The zero-order chi connectivity index (χ0) is 13.9. The molecule has 4 heterocycles. The maximum atomic E-state index is 5.10. The summed E-state index contributed by atoms with van der Waals surface area (Å²) >= 11 is 0. The van der Waals surface area contributed by atoms with E-state index in [1.807, 2.05) is 0 Å². The number of aryl methyl sites for hydroxylation is 1. The van der Waals surface area contributed by atoms with Gasteiger partial charge in [-0.25, -0.2) is 4.98 Å². The number of imidazole rings is 1. The zero-order valence-corrected chi connectivity index (χ0v) is 12.6. The summed E-state index contributed by atoms with van der Waals surface area (Å²) in [4.78, 5) is 7.25. The first kappa shape index (κ1) is 13.9. The Balaban J connectivity index is 1.69. The Morgan fingerprint density at radius 1 is 1.40 bits per heavy atom. The second-order valence-electron chi connectivity index (χ2n) is 6.09. The minimum absolute atomic E-state index is 0.601. The van der Waals surface area contributed by atoms with E-state index in [4.69, 9.17) is 4.74 Å². The third kappa shape index (κ3) is 2.83. The van der Waals surface area contributed by atoms with Crippen LogP contribution in [0.2, 0.25) is 0 Å². The van der Waals surface area contributed by atoms with E-state index in [0.717, 1.165) is 37.1 Å². The number of hydrogen-bond acceptors (Lipinski definition) is 4. The van der Waals surface area contributed by atoms with Crippen LogP contribution in [0.4, 0.5) is 5.95 Å². The number of nitrogens with one attached hydrogen (secondary N) is 1. The standard InChI is InChI=1S/C15H26N4O/c1-12-10-19(15(17-12)16-6-3-9-20-2)14-11-18-7-4-13(14)5-8-18/h10,13-14H,3-9,11H2,1-2H3,(H,16,17). The molecule has 0 aliphatic carbocycles. The van der Waals surface area contributed by atoms with Gasteiger partial charge in [0.15, 0.2) is 0 Å². The van der Waals surface area contributed by atoms with E-state index < -0.39 is 0 Å². The zero-order valence-electron chi connectivity index (χ0n) is 12.6. The smallest absolute Gasteiger partial charge is 0.203 e. The molecule has 1 aromatic rings. The first-order valence-electron chi connectivity index (χ1n) is 7.78. The fourth-order valence-corrected chi connectivity index (χ4v) is 3.57. The predicted molar refractivity (Wildman–Crippen MR) is 80.1 cm³/mol. The minimum Gasteiger partial charge on any atom is -0.385 e. The largest absolute Gasteiger partial charge is 0.385 e. The summed E-state index contributed by atoms with van der Waals surface area (Å²) in [6.07, 6.45) is 5.91. The van der Waals surface area contributed by atoms with Crippen LogP contribution in [0.15, 0.2) is 6.20 Å². The number of nitrogens with zero attached hydrogens (tertiary/aromatic N) is 3. The molecule has 4 rings (SSSR count). The molecule has 0 amide bonds. The van der Waals surface area contributed by atoms with Gasteiger partial charge in [-0.2, -0.15) is 0 Å². The van der Waals surface area contributed by atoms with E-state index in [1.165, 1.54) is 32.5 Å². The van der Waals surface area contributed by atoms with Crippen molar-refractivity contribution in [2.75, 3.05) is 45.2 Å². The number of ether oxygens (including phenoxy) is 1. The molecule has 112 valence electrons. The quantitative estimate of drug-likeness (QED) is 0.807. The minimum atomic E-state index is 0.601. The molecule has 2 bridgehead atoms. The number of fused-ring (bicyclic) bond motifs is 3. The second kappa shape index (κ2) is 6.14. The SMILES string of the molecule is COCCCNc1nc(C)cn1C1CN2CCC1CC2. The number of anilines is 1. The molecule has 1 aromatic heterocycles. The number of hydrogen-bond donors (Lipinski definition) is 1. The maximum absolute atomic E-state index is 5.10. The molecule has 0 saturated carbocycles. The van der Waals surface area contributed by atoms with Gasteiger partial charge < -0.3 is 19.5 Å². The third-order valence-corrected chi connectivity index (χ3v) is 4.64. The van der Waals surface area contributed by atoms with E-state index in [2.05, 4.69) is 32.9 Å². The van der Waals surface area contributed by atoms with Gasteiger partial charge in [-0.1, -0.05) is 0 Å². The van der Waals surface area contributed by atoms with Gasteiger partial charge >= 0.3 is 0 Å². The van der Waals surface area contributed by atoms with E-state index in [1.54, 1.807) is 7.11 Å². The van der Waals surface area contributed by atoms with Crippen LogP contribution in [0.3, 0.4) is 0 Å². The van der Waals surface area contributed by atoms with Gasteiger partial charge in [0.25, 0.3) is 0 Å². The van der Waals surface area contributed by atoms with Crippen LogP contribution in [0.25, 0.3) is 0 Å². The number of aromatic nitrogens is 2. The molecule has 3 saturated heterocycles. The Morgan fingerprint density at radius 3 is 2.85 bits per heavy atom. The van der Waals surface area contributed by atoms with Gasteiger partial charge in [0, 0.05) is 33.0 Å². The summed E-state index contributed by atoms with van der Waals surface area (Å²) < 4.78 is 7.48. The Hall–Kier alpha value is -1.07. The summed E-state index contributed by atoms with van der Waals surface area (Å²) in [5.41, 5.74) is 1.11. The van der Waals surface area contributed by atoms with Crippen molar-refractivity contribution in [1.29, 1.82) is 0 Å². The van der Waals surface area contributed by atoms with Gasteiger partial charge in [-0.3, -0.25) is 0 Å². The van der Waals surface area contributed by atoms with Crippen molar-refractivity contribution < 1.29 is 4.74 Å². The molecule has 3 aliphatic heterocycles. The van der Waals surface area contributed by atoms with Crippen molar-refractivity contribution in [3.05, 3.63) is 11.9 Å². The third-order valence-electron chi connectivity index (χ3n) is 4.64. The van der Waals surface area contributed by atoms with Gasteiger partial charge in [0.1, 0.15) is 0 Å². The highest BCUT2D eigenvalue weighted by Gasteiger charge is 2.36.